The van der Waals surface area contributed by atoms with E-state index >= 15 is 0 Å². The minimum Gasteiger partial charge on any atom is -0.377 e. The van der Waals surface area contributed by atoms with Crippen LogP contribution in [0.1, 0.15) is 47.0 Å². The molecule has 0 bridgehead atoms. The fourth-order valence-corrected chi connectivity index (χ4v) is 2.74. The Morgan fingerprint density at radius 1 is 1.41 bits per heavy atom. The molecular formula is C14H30N2O. The molecule has 0 spiro atoms. The van der Waals surface area contributed by atoms with Gasteiger partial charge in [-0.05, 0) is 38.1 Å². The molecule has 2 N–H and O–H groups in total. The van der Waals surface area contributed by atoms with Crippen molar-refractivity contribution in [2.24, 2.45) is 11.1 Å². The quantitative estimate of drug-likeness (QED) is 0.803. The molecule has 17 heavy (non-hydrogen) atoms. The first-order chi connectivity index (χ1) is 7.96. The molecule has 3 nitrogen and oxygen atoms in total. The SMILES string of the molecule is CCOC1CCCN(C(CN)CC(C)(C)C)C1. The number of hydrogen-bond acceptors (Lipinski definition) is 3. The van der Waals surface area contributed by atoms with E-state index in [1.54, 1.807) is 0 Å². The average Bonchev–Trinajstić information content (AvgIpc) is 2.25. The lowest BCUT2D eigenvalue weighted by molar-refractivity contribution is -0.0114. The van der Waals surface area contributed by atoms with E-state index in [4.69, 9.17) is 10.5 Å². The number of nitrogens with zero attached hydrogens (tertiary/aromatic N) is 1. The van der Waals surface area contributed by atoms with Crippen molar-refractivity contribution < 1.29 is 4.74 Å². The fraction of sp³-hybridized carbons (Fsp3) is 1.00. The standard InChI is InChI=1S/C14H30N2O/c1-5-17-13-7-6-8-16(11-13)12(10-15)9-14(2,3)4/h12-13H,5-11,15H2,1-4H3. The van der Waals surface area contributed by atoms with Crippen molar-refractivity contribution in [1.82, 2.24) is 4.90 Å². The second kappa shape index (κ2) is 6.72. The van der Waals surface area contributed by atoms with Crippen LogP contribution < -0.4 is 5.73 Å². The second-order valence-corrected chi connectivity index (χ2v) is 6.37. The lowest BCUT2D eigenvalue weighted by Crippen LogP contribution is -2.49. The highest BCUT2D eigenvalue weighted by molar-refractivity contribution is 4.83. The molecule has 1 aliphatic heterocycles. The van der Waals surface area contributed by atoms with Crippen LogP contribution in [0.15, 0.2) is 0 Å². The van der Waals surface area contributed by atoms with Gasteiger partial charge in [0.2, 0.25) is 0 Å². The van der Waals surface area contributed by atoms with E-state index in [0.717, 1.165) is 19.7 Å². The molecule has 102 valence electrons. The molecule has 0 aromatic heterocycles. The molecule has 0 saturated carbocycles. The monoisotopic (exact) mass is 242 g/mol. The van der Waals surface area contributed by atoms with E-state index < -0.39 is 0 Å². The third-order valence-electron chi connectivity index (χ3n) is 3.45. The number of likely N-dealkylation sites (tertiary alicyclic amines) is 1. The Morgan fingerprint density at radius 2 is 2.12 bits per heavy atom. The number of rotatable bonds is 5. The number of nitrogens with two attached hydrogens (primary N) is 1. The highest BCUT2D eigenvalue weighted by atomic mass is 16.5. The number of ether oxygens (including phenoxy) is 1. The van der Waals surface area contributed by atoms with E-state index in [1.807, 2.05) is 0 Å². The van der Waals surface area contributed by atoms with Crippen LogP contribution in [0.25, 0.3) is 0 Å². The maximum absolute atomic E-state index is 5.95. The maximum atomic E-state index is 5.95. The zero-order valence-electron chi connectivity index (χ0n) is 12.0. The molecule has 1 rings (SSSR count). The highest BCUT2D eigenvalue weighted by Gasteiger charge is 2.28. The van der Waals surface area contributed by atoms with E-state index in [1.165, 1.54) is 25.8 Å². The Hall–Kier alpha value is -0.120. The van der Waals surface area contributed by atoms with Crippen molar-refractivity contribution >= 4 is 0 Å². The van der Waals surface area contributed by atoms with Crippen molar-refractivity contribution in [2.75, 3.05) is 26.2 Å². The lowest BCUT2D eigenvalue weighted by Gasteiger charge is -2.40. The van der Waals surface area contributed by atoms with Crippen LogP contribution in [0.4, 0.5) is 0 Å². The molecule has 2 atom stereocenters. The van der Waals surface area contributed by atoms with Crippen LogP contribution in [-0.2, 0) is 4.74 Å². The largest absolute Gasteiger partial charge is 0.377 e. The molecule has 0 radical (unpaired) electrons. The molecule has 3 heteroatoms. The molecule has 1 fully saturated rings. The van der Waals surface area contributed by atoms with Crippen LogP contribution >= 0.6 is 0 Å². The maximum Gasteiger partial charge on any atom is 0.0702 e. The van der Waals surface area contributed by atoms with Crippen LogP contribution in [0.2, 0.25) is 0 Å². The summed E-state index contributed by atoms with van der Waals surface area (Å²) >= 11 is 0. The van der Waals surface area contributed by atoms with Crippen molar-refractivity contribution in [3.8, 4) is 0 Å². The molecule has 0 aromatic carbocycles. The smallest absolute Gasteiger partial charge is 0.0702 e. The van der Waals surface area contributed by atoms with Crippen molar-refractivity contribution in [1.29, 1.82) is 0 Å². The summed E-state index contributed by atoms with van der Waals surface area (Å²) in [6, 6.07) is 0.512. The number of piperidine rings is 1. The summed E-state index contributed by atoms with van der Waals surface area (Å²) in [6.07, 6.45) is 4.04. The highest BCUT2D eigenvalue weighted by Crippen LogP contribution is 2.25. The molecule has 2 unspecified atom stereocenters. The third-order valence-corrected chi connectivity index (χ3v) is 3.45. The summed E-state index contributed by atoms with van der Waals surface area (Å²) in [6.45, 7) is 12.8. The van der Waals surface area contributed by atoms with Crippen LogP contribution in [0.3, 0.4) is 0 Å². The molecule has 0 aromatic rings. The van der Waals surface area contributed by atoms with Crippen LogP contribution in [-0.4, -0.2) is 43.3 Å². The Morgan fingerprint density at radius 3 is 2.65 bits per heavy atom. The van der Waals surface area contributed by atoms with Crippen molar-refractivity contribution in [3.63, 3.8) is 0 Å². The minimum absolute atomic E-state index is 0.350. The molecule has 1 heterocycles. The van der Waals surface area contributed by atoms with Gasteiger partial charge in [0.05, 0.1) is 6.10 Å². The lowest BCUT2D eigenvalue weighted by atomic mass is 9.87. The van der Waals surface area contributed by atoms with Crippen molar-refractivity contribution in [2.45, 2.75) is 59.1 Å². The molecule has 1 aliphatic rings. The minimum atomic E-state index is 0.350. The van der Waals surface area contributed by atoms with Gasteiger partial charge in [0, 0.05) is 25.7 Å². The zero-order valence-corrected chi connectivity index (χ0v) is 12.0. The summed E-state index contributed by atoms with van der Waals surface area (Å²) < 4.78 is 5.76. The van der Waals surface area contributed by atoms with E-state index in [0.29, 0.717) is 17.6 Å². The molecular weight excluding hydrogens is 212 g/mol. The van der Waals surface area contributed by atoms with Gasteiger partial charge >= 0.3 is 0 Å². The predicted molar refractivity (Wildman–Crippen MR) is 73.1 cm³/mol. The van der Waals surface area contributed by atoms with E-state index in [-0.39, 0.29) is 0 Å². The summed E-state index contributed by atoms with van der Waals surface area (Å²) in [5.74, 6) is 0. The van der Waals surface area contributed by atoms with Gasteiger partial charge in [-0.2, -0.15) is 0 Å². The van der Waals surface area contributed by atoms with E-state index in [9.17, 15) is 0 Å². The van der Waals surface area contributed by atoms with Gasteiger partial charge in [0.25, 0.3) is 0 Å². The summed E-state index contributed by atoms with van der Waals surface area (Å²) in [5.41, 5.74) is 6.30. The predicted octanol–water partition coefficient (Wildman–Crippen LogP) is 2.25. The second-order valence-electron chi connectivity index (χ2n) is 6.37. The number of hydrogen-bond donors (Lipinski definition) is 1. The van der Waals surface area contributed by atoms with Gasteiger partial charge in [0.1, 0.15) is 0 Å². The first-order valence-electron chi connectivity index (χ1n) is 7.02. The average molecular weight is 242 g/mol. The normalized spacial score (nSPS) is 24.9. The Labute approximate surface area is 107 Å². The van der Waals surface area contributed by atoms with Crippen LogP contribution in [0.5, 0.6) is 0 Å². The Balaban J connectivity index is 2.50. The summed E-state index contributed by atoms with van der Waals surface area (Å²) in [5, 5.41) is 0. The molecule has 0 aliphatic carbocycles. The van der Waals surface area contributed by atoms with Crippen molar-refractivity contribution in [3.05, 3.63) is 0 Å². The van der Waals surface area contributed by atoms with Gasteiger partial charge in [-0.15, -0.1) is 0 Å². The third kappa shape index (κ3) is 5.36. The van der Waals surface area contributed by atoms with Gasteiger partial charge in [-0.1, -0.05) is 20.8 Å². The van der Waals surface area contributed by atoms with E-state index in [2.05, 4.69) is 32.6 Å². The first kappa shape index (κ1) is 14.9. The van der Waals surface area contributed by atoms with Gasteiger partial charge < -0.3 is 10.5 Å². The zero-order chi connectivity index (χ0) is 12.9. The van der Waals surface area contributed by atoms with Crippen LogP contribution in [0, 0.1) is 5.41 Å². The first-order valence-corrected chi connectivity index (χ1v) is 7.02. The molecule has 0 amide bonds. The van der Waals surface area contributed by atoms with Gasteiger partial charge in [-0.3, -0.25) is 4.90 Å². The Bertz CT molecular complexity index is 211. The topological polar surface area (TPSA) is 38.5 Å². The molecule has 1 saturated heterocycles. The summed E-state index contributed by atoms with van der Waals surface area (Å²) in [4.78, 5) is 2.54. The van der Waals surface area contributed by atoms with Gasteiger partial charge in [-0.25, -0.2) is 0 Å². The fourth-order valence-electron chi connectivity index (χ4n) is 2.74. The summed E-state index contributed by atoms with van der Waals surface area (Å²) in [7, 11) is 0. The van der Waals surface area contributed by atoms with Gasteiger partial charge in [0.15, 0.2) is 0 Å². The Kier molecular flexibility index (Phi) is 5.90.